The molecule has 0 bridgehead atoms. The Labute approximate surface area is 285 Å². The molecule has 4 amide bonds. The number of aromatic hydroxyl groups is 1. The van der Waals surface area contributed by atoms with E-state index in [1.807, 2.05) is 10.8 Å². The average molecular weight is 713 g/mol. The Morgan fingerprint density at radius 2 is 1.65 bits per heavy atom. The van der Waals surface area contributed by atoms with E-state index < -0.39 is 40.6 Å². The van der Waals surface area contributed by atoms with Crippen LogP contribution in [0.5, 0.6) is 5.75 Å². The van der Waals surface area contributed by atoms with Crippen LogP contribution in [0.4, 0.5) is 28.4 Å². The van der Waals surface area contributed by atoms with Gasteiger partial charge in [-0.3, -0.25) is 9.69 Å². The lowest BCUT2D eigenvalue weighted by atomic mass is 9.99. The molecule has 0 saturated carbocycles. The van der Waals surface area contributed by atoms with Gasteiger partial charge in [0.1, 0.15) is 5.75 Å². The molecule has 262 valence electrons. The molecule has 1 aromatic heterocycles. The van der Waals surface area contributed by atoms with Crippen molar-refractivity contribution in [1.82, 2.24) is 24.9 Å². The molecule has 3 saturated heterocycles. The number of phenols is 1. The van der Waals surface area contributed by atoms with E-state index in [0.29, 0.717) is 38.5 Å². The van der Waals surface area contributed by atoms with E-state index >= 15 is 0 Å². The van der Waals surface area contributed by atoms with Crippen molar-refractivity contribution >= 4 is 46.7 Å². The van der Waals surface area contributed by atoms with E-state index in [9.17, 15) is 32.7 Å². The summed E-state index contributed by atoms with van der Waals surface area (Å²) in [5.41, 5.74) is 0.604. The van der Waals surface area contributed by atoms with Crippen LogP contribution in [0.15, 0.2) is 22.9 Å². The molecule has 3 N–H and O–H groups in total. The second-order valence-corrected chi connectivity index (χ2v) is 13.9. The lowest BCUT2D eigenvalue weighted by Crippen LogP contribution is -2.54. The molecule has 3 fully saturated rings. The largest absolute Gasteiger partial charge is 0.506 e. The van der Waals surface area contributed by atoms with Gasteiger partial charge in [0.25, 0.3) is 5.91 Å². The molecule has 16 heteroatoms. The Kier molecular flexibility index (Phi) is 10.6. The van der Waals surface area contributed by atoms with E-state index in [1.165, 1.54) is 4.90 Å². The minimum absolute atomic E-state index is 0.00579. The number of phenolic OH excluding ortho intramolecular Hbond substituents is 1. The number of anilines is 1. The third-order valence-corrected chi connectivity index (χ3v) is 10.9. The van der Waals surface area contributed by atoms with E-state index in [1.54, 1.807) is 21.1 Å². The summed E-state index contributed by atoms with van der Waals surface area (Å²) in [6.07, 6.45) is -4.15. The van der Waals surface area contributed by atoms with E-state index in [2.05, 4.69) is 15.5 Å². The molecule has 0 aliphatic carbocycles. The maximum atomic E-state index is 13.9. The molecule has 1 aromatic carbocycles. The number of ether oxygens (including phenoxy) is 1. The van der Waals surface area contributed by atoms with Gasteiger partial charge in [0.2, 0.25) is 0 Å². The molecular weight excluding hydrogens is 673 g/mol. The summed E-state index contributed by atoms with van der Waals surface area (Å²) in [6, 6.07) is 1.96. The number of rotatable bonds is 6. The normalized spacial score (nSPS) is 21.0. The fraction of sp³-hybridized carbons (Fsp3) is 0.594. The van der Waals surface area contributed by atoms with Crippen molar-refractivity contribution in [2.45, 2.75) is 62.9 Å². The van der Waals surface area contributed by atoms with Gasteiger partial charge in [0, 0.05) is 82.8 Å². The van der Waals surface area contributed by atoms with Crippen molar-refractivity contribution in [3.8, 4) is 5.75 Å². The zero-order valence-electron chi connectivity index (χ0n) is 26.4. The zero-order valence-corrected chi connectivity index (χ0v) is 28.0. The summed E-state index contributed by atoms with van der Waals surface area (Å²) in [6.45, 7) is 5.66. The monoisotopic (exact) mass is 712 g/mol. The lowest BCUT2D eigenvalue weighted by molar-refractivity contribution is -0.142. The number of hydrogen-bond donors (Lipinski definition) is 3. The van der Waals surface area contributed by atoms with E-state index in [0.717, 1.165) is 68.8 Å². The number of alkyl halides is 3. The summed E-state index contributed by atoms with van der Waals surface area (Å²) >= 11 is 7.51. The molecule has 4 aliphatic heterocycles. The highest BCUT2D eigenvalue weighted by atomic mass is 35.5. The minimum Gasteiger partial charge on any atom is -0.506 e. The third kappa shape index (κ3) is 7.79. The Hall–Kier alpha value is -3.27. The summed E-state index contributed by atoms with van der Waals surface area (Å²) in [7, 11) is 0. The van der Waals surface area contributed by atoms with E-state index in [4.69, 9.17) is 16.3 Å². The number of nitrogens with zero attached hydrogens (tertiary/aromatic N) is 4. The number of likely N-dealkylation sites (tertiary alicyclic amines) is 2. The van der Waals surface area contributed by atoms with Crippen LogP contribution in [0.2, 0.25) is 5.02 Å². The smallest absolute Gasteiger partial charge is 0.420 e. The minimum atomic E-state index is -4.88. The van der Waals surface area contributed by atoms with Crippen LogP contribution < -0.4 is 10.6 Å². The van der Waals surface area contributed by atoms with Crippen LogP contribution in [0, 0.1) is 0 Å². The molecule has 1 atom stereocenters. The van der Waals surface area contributed by atoms with Gasteiger partial charge in [-0.1, -0.05) is 11.6 Å². The summed E-state index contributed by atoms with van der Waals surface area (Å²) in [5.74, 6) is -1.58. The Bertz CT molecular complexity index is 1490. The number of carbonyl (C=O) groups excluding carboxylic acids is 3. The quantitative estimate of drug-likeness (QED) is 0.400. The van der Waals surface area contributed by atoms with Crippen LogP contribution in [0.1, 0.15) is 42.4 Å². The predicted octanol–water partition coefficient (Wildman–Crippen LogP) is 4.62. The number of benzene rings is 1. The van der Waals surface area contributed by atoms with Crippen LogP contribution in [0.25, 0.3) is 0 Å². The number of thiophene rings is 1. The number of amides is 4. The average Bonchev–Trinajstić information content (AvgIpc) is 3.45. The first-order valence-corrected chi connectivity index (χ1v) is 17.7. The van der Waals surface area contributed by atoms with Crippen molar-refractivity contribution in [3.63, 3.8) is 0 Å². The molecule has 6 rings (SSSR count). The Balaban J connectivity index is 1.12. The molecule has 4 aliphatic rings. The van der Waals surface area contributed by atoms with Gasteiger partial charge in [-0.15, -0.1) is 11.3 Å². The van der Waals surface area contributed by atoms with Gasteiger partial charge in [-0.2, -0.15) is 13.2 Å². The highest BCUT2D eigenvalue weighted by Crippen LogP contribution is 2.40. The number of fused-ring (bicyclic) bond motifs is 1. The maximum absolute atomic E-state index is 13.9. The molecular formula is C32H40ClF3N6O5S. The molecule has 0 unspecified atom stereocenters. The number of carbonyl (C=O) groups is 3. The van der Waals surface area contributed by atoms with Crippen molar-refractivity contribution in [3.05, 3.63) is 44.6 Å². The van der Waals surface area contributed by atoms with Crippen LogP contribution in [-0.4, -0.2) is 120 Å². The number of urea groups is 1. The zero-order chi connectivity index (χ0) is 34.0. The van der Waals surface area contributed by atoms with Crippen molar-refractivity contribution in [2.75, 3.05) is 64.2 Å². The Morgan fingerprint density at radius 1 is 0.979 bits per heavy atom. The predicted molar refractivity (Wildman–Crippen MR) is 174 cm³/mol. The van der Waals surface area contributed by atoms with Gasteiger partial charge in [0.15, 0.2) is 6.10 Å². The molecule has 48 heavy (non-hydrogen) atoms. The van der Waals surface area contributed by atoms with Gasteiger partial charge >= 0.3 is 18.3 Å². The standard InChI is InChI=1S/C32H40ClF3N6O5S/c33-25-16-20(15-24(28(25)43)32(34,35)36)17-27(29(44)40-8-2-22(3-9-40)39-13-6-37-7-14-39)47-31(46)41-10-4-23(5-11-41)42-12-1-21-18-48-19-26(21)38-30(42)45/h15-16,18-19,22-23,27,37,43H,1-14,17H2,(H,38,45)/t27-/m1/s1. The molecule has 0 radical (unpaired) electrons. The number of halogens is 4. The van der Waals surface area contributed by atoms with Crippen LogP contribution in [0.3, 0.4) is 0 Å². The first-order chi connectivity index (χ1) is 23.0. The fourth-order valence-electron chi connectivity index (χ4n) is 7.15. The second kappa shape index (κ2) is 14.7. The topological polar surface area (TPSA) is 118 Å². The molecule has 0 spiro atoms. The number of piperidine rings is 2. The molecule has 2 aromatic rings. The lowest BCUT2D eigenvalue weighted by Gasteiger charge is -2.41. The number of hydrogen-bond acceptors (Lipinski definition) is 8. The first kappa shape index (κ1) is 34.6. The van der Waals surface area contributed by atoms with Gasteiger partial charge in [-0.05, 0) is 60.7 Å². The SMILES string of the molecule is O=C(O[C@H](Cc1cc(Cl)c(O)c(C(F)(F)F)c1)C(=O)N1CCC(N2CCNCC2)CC1)N1CCC(N2CCc3cscc3NC2=O)CC1. The maximum Gasteiger partial charge on any atom is 0.420 e. The summed E-state index contributed by atoms with van der Waals surface area (Å²) in [4.78, 5) is 47.6. The van der Waals surface area contributed by atoms with Gasteiger partial charge in [0.05, 0.1) is 16.3 Å². The van der Waals surface area contributed by atoms with Crippen molar-refractivity contribution in [1.29, 1.82) is 0 Å². The van der Waals surface area contributed by atoms with Gasteiger partial charge < -0.3 is 35.2 Å². The highest BCUT2D eigenvalue weighted by Gasteiger charge is 2.38. The van der Waals surface area contributed by atoms with Gasteiger partial charge in [-0.25, -0.2) is 9.59 Å². The van der Waals surface area contributed by atoms with E-state index in [-0.39, 0.29) is 37.1 Å². The van der Waals surface area contributed by atoms with Crippen molar-refractivity contribution in [2.24, 2.45) is 0 Å². The van der Waals surface area contributed by atoms with Crippen molar-refractivity contribution < 1.29 is 37.4 Å². The van der Waals surface area contributed by atoms with Crippen LogP contribution >= 0.6 is 22.9 Å². The highest BCUT2D eigenvalue weighted by molar-refractivity contribution is 7.08. The molecule has 11 nitrogen and oxygen atoms in total. The van der Waals surface area contributed by atoms with Crippen LogP contribution in [-0.2, 0) is 28.5 Å². The second-order valence-electron chi connectivity index (χ2n) is 12.8. The molecule has 5 heterocycles. The third-order valence-electron chi connectivity index (χ3n) is 9.84. The fourth-order valence-corrected chi connectivity index (χ4v) is 8.21. The summed E-state index contributed by atoms with van der Waals surface area (Å²) < 4.78 is 46.8. The summed E-state index contributed by atoms with van der Waals surface area (Å²) in [5, 5.41) is 19.7. The number of nitrogens with one attached hydrogen (secondary N) is 2. The Morgan fingerprint density at radius 3 is 2.33 bits per heavy atom. The first-order valence-electron chi connectivity index (χ1n) is 16.4. The number of piperazine rings is 1.